The highest BCUT2D eigenvalue weighted by molar-refractivity contribution is 7.14. The Hall–Kier alpha value is -2.51. The zero-order chi connectivity index (χ0) is 17.9. The van der Waals surface area contributed by atoms with Crippen LogP contribution in [0.5, 0.6) is 0 Å². The molecule has 1 aliphatic rings. The summed E-state index contributed by atoms with van der Waals surface area (Å²) >= 11 is 1.58. The largest absolute Gasteiger partial charge is 0.354 e. The van der Waals surface area contributed by atoms with Crippen molar-refractivity contribution in [3.05, 3.63) is 64.1 Å². The fraction of sp³-hybridized carbons (Fsp3) is 0.316. The third kappa shape index (κ3) is 3.40. The second kappa shape index (κ2) is 7.39. The van der Waals surface area contributed by atoms with Gasteiger partial charge in [-0.2, -0.15) is 0 Å². The zero-order valence-corrected chi connectivity index (χ0v) is 15.4. The van der Waals surface area contributed by atoms with Crippen molar-refractivity contribution in [2.45, 2.75) is 25.4 Å². The van der Waals surface area contributed by atoms with Gasteiger partial charge in [0.15, 0.2) is 0 Å². The lowest BCUT2D eigenvalue weighted by molar-refractivity contribution is 0.0967. The Kier molecular flexibility index (Phi) is 4.81. The maximum atomic E-state index is 11.8. The molecular formula is C19H21N5OS. The minimum absolute atomic E-state index is 0.0170. The van der Waals surface area contributed by atoms with E-state index in [1.54, 1.807) is 18.4 Å². The van der Waals surface area contributed by atoms with Crippen molar-refractivity contribution in [1.82, 2.24) is 25.2 Å². The van der Waals surface area contributed by atoms with Crippen LogP contribution in [0, 0.1) is 0 Å². The second-order valence-corrected chi connectivity index (χ2v) is 7.51. The van der Waals surface area contributed by atoms with Gasteiger partial charge in [0.25, 0.3) is 5.91 Å². The number of hydrogen-bond acceptors (Lipinski definition) is 5. The number of nitrogens with zero attached hydrogens (tertiary/aromatic N) is 4. The molecule has 7 heteroatoms. The predicted octanol–water partition coefficient (Wildman–Crippen LogP) is 3.03. The molecule has 1 atom stereocenters. The second-order valence-electron chi connectivity index (χ2n) is 6.40. The Morgan fingerprint density at radius 1 is 1.27 bits per heavy atom. The van der Waals surface area contributed by atoms with Crippen LogP contribution >= 0.6 is 11.3 Å². The molecule has 1 aliphatic heterocycles. The molecule has 0 unspecified atom stereocenters. The van der Waals surface area contributed by atoms with E-state index in [-0.39, 0.29) is 5.91 Å². The van der Waals surface area contributed by atoms with Crippen LogP contribution in [-0.2, 0) is 6.54 Å². The van der Waals surface area contributed by atoms with Crippen LogP contribution in [0.4, 0.5) is 0 Å². The summed E-state index contributed by atoms with van der Waals surface area (Å²) in [6.07, 6.45) is 4.26. The number of carbonyl (C=O) groups excluding carboxylic acids is 1. The summed E-state index contributed by atoms with van der Waals surface area (Å²) in [4.78, 5) is 16.3. The molecule has 6 nitrogen and oxygen atoms in total. The normalized spacial score (nSPS) is 17.5. The number of aromatic nitrogens is 3. The van der Waals surface area contributed by atoms with Gasteiger partial charge in [0.2, 0.25) is 0 Å². The Labute approximate surface area is 156 Å². The molecule has 0 spiro atoms. The first-order chi connectivity index (χ1) is 12.7. The molecule has 0 saturated carbocycles. The SMILES string of the molecule is CNC(=O)c1ccc([C@H]2CCCN2Cc2cn(-c3ccccc3)nn2)s1. The lowest BCUT2D eigenvalue weighted by atomic mass is 10.2. The topological polar surface area (TPSA) is 63.1 Å². The molecule has 0 aliphatic carbocycles. The van der Waals surface area contributed by atoms with Crippen molar-refractivity contribution in [2.75, 3.05) is 13.6 Å². The van der Waals surface area contributed by atoms with Crippen LogP contribution in [0.2, 0.25) is 0 Å². The van der Waals surface area contributed by atoms with Gasteiger partial charge >= 0.3 is 0 Å². The Balaban J connectivity index is 1.48. The van der Waals surface area contributed by atoms with E-state index in [0.29, 0.717) is 6.04 Å². The van der Waals surface area contributed by atoms with Crippen LogP contribution in [-0.4, -0.2) is 39.4 Å². The van der Waals surface area contributed by atoms with Crippen LogP contribution in [0.15, 0.2) is 48.7 Å². The summed E-state index contributed by atoms with van der Waals surface area (Å²) in [5.41, 5.74) is 1.97. The number of nitrogens with one attached hydrogen (secondary N) is 1. The number of carbonyl (C=O) groups is 1. The third-order valence-corrected chi connectivity index (χ3v) is 5.88. The molecule has 3 aromatic rings. The highest BCUT2D eigenvalue weighted by Crippen LogP contribution is 2.36. The van der Waals surface area contributed by atoms with Gasteiger partial charge in [-0.3, -0.25) is 9.69 Å². The van der Waals surface area contributed by atoms with Crippen molar-refractivity contribution in [1.29, 1.82) is 0 Å². The molecule has 4 rings (SSSR count). The number of rotatable bonds is 5. The van der Waals surface area contributed by atoms with Crippen molar-refractivity contribution in [2.24, 2.45) is 0 Å². The van der Waals surface area contributed by atoms with Gasteiger partial charge in [-0.05, 0) is 43.7 Å². The quantitative estimate of drug-likeness (QED) is 0.753. The summed E-state index contributed by atoms with van der Waals surface area (Å²) in [5, 5.41) is 11.3. The van der Waals surface area contributed by atoms with Crippen molar-refractivity contribution >= 4 is 17.2 Å². The minimum atomic E-state index is -0.0170. The van der Waals surface area contributed by atoms with Crippen LogP contribution < -0.4 is 5.32 Å². The molecule has 2 aromatic heterocycles. The monoisotopic (exact) mass is 367 g/mol. The van der Waals surface area contributed by atoms with E-state index in [9.17, 15) is 4.79 Å². The molecule has 26 heavy (non-hydrogen) atoms. The molecule has 1 aromatic carbocycles. The average molecular weight is 367 g/mol. The van der Waals surface area contributed by atoms with Crippen molar-refractivity contribution in [3.63, 3.8) is 0 Å². The fourth-order valence-electron chi connectivity index (χ4n) is 3.40. The molecule has 134 valence electrons. The van der Waals surface area contributed by atoms with Gasteiger partial charge in [-0.25, -0.2) is 4.68 Å². The molecule has 1 amide bonds. The Morgan fingerprint density at radius 2 is 2.12 bits per heavy atom. The van der Waals surface area contributed by atoms with E-state index in [0.717, 1.165) is 42.2 Å². The summed E-state index contributed by atoms with van der Waals surface area (Å²) in [6, 6.07) is 14.4. The van der Waals surface area contributed by atoms with Gasteiger partial charge < -0.3 is 5.32 Å². The summed E-state index contributed by atoms with van der Waals surface area (Å²) < 4.78 is 1.81. The predicted molar refractivity (Wildman–Crippen MR) is 101 cm³/mol. The highest BCUT2D eigenvalue weighted by Gasteiger charge is 2.28. The number of likely N-dealkylation sites (tertiary alicyclic amines) is 1. The summed E-state index contributed by atoms with van der Waals surface area (Å²) in [7, 11) is 1.67. The van der Waals surface area contributed by atoms with E-state index in [1.807, 2.05) is 47.3 Å². The number of amides is 1. The van der Waals surface area contributed by atoms with Crippen LogP contribution in [0.3, 0.4) is 0 Å². The molecule has 1 N–H and O–H groups in total. The van der Waals surface area contributed by atoms with Gasteiger partial charge in [-0.15, -0.1) is 16.4 Å². The van der Waals surface area contributed by atoms with Gasteiger partial charge in [0, 0.05) is 24.5 Å². The Bertz CT molecular complexity index is 888. The van der Waals surface area contributed by atoms with Crippen LogP contribution in [0.25, 0.3) is 5.69 Å². The molecule has 3 heterocycles. The van der Waals surface area contributed by atoms with Crippen molar-refractivity contribution < 1.29 is 4.79 Å². The first-order valence-corrected chi connectivity index (χ1v) is 9.59. The maximum Gasteiger partial charge on any atom is 0.261 e. The van der Waals surface area contributed by atoms with E-state index in [4.69, 9.17) is 0 Å². The zero-order valence-electron chi connectivity index (χ0n) is 14.6. The molecule has 0 radical (unpaired) electrons. The molecular weight excluding hydrogens is 346 g/mol. The van der Waals surface area contributed by atoms with Gasteiger partial charge in [0.1, 0.15) is 0 Å². The smallest absolute Gasteiger partial charge is 0.261 e. The average Bonchev–Trinajstić information content (AvgIpc) is 3.42. The lowest BCUT2D eigenvalue weighted by Gasteiger charge is -2.22. The highest BCUT2D eigenvalue weighted by atomic mass is 32.1. The number of benzene rings is 1. The van der Waals surface area contributed by atoms with Gasteiger partial charge in [-0.1, -0.05) is 23.4 Å². The minimum Gasteiger partial charge on any atom is -0.354 e. The van der Waals surface area contributed by atoms with E-state index < -0.39 is 0 Å². The standard InChI is InChI=1S/C19H21N5OS/c1-20-19(25)18-10-9-17(26-18)16-8-5-11-23(16)12-14-13-24(22-21-14)15-6-3-2-4-7-15/h2-4,6-7,9-10,13,16H,5,8,11-12H2,1H3,(H,20,25)/t16-/m1/s1. The summed E-state index contributed by atoms with van der Waals surface area (Å²) in [6.45, 7) is 1.81. The fourth-order valence-corrected chi connectivity index (χ4v) is 4.52. The number of para-hydroxylation sites is 1. The first kappa shape index (κ1) is 16.9. The number of hydrogen-bond donors (Lipinski definition) is 1. The van der Waals surface area contributed by atoms with E-state index in [1.165, 1.54) is 4.88 Å². The molecule has 0 bridgehead atoms. The Morgan fingerprint density at radius 3 is 2.92 bits per heavy atom. The number of thiophene rings is 1. The first-order valence-electron chi connectivity index (χ1n) is 8.77. The molecule has 1 fully saturated rings. The van der Waals surface area contributed by atoms with Crippen LogP contribution in [0.1, 0.15) is 39.1 Å². The lowest BCUT2D eigenvalue weighted by Crippen LogP contribution is -2.22. The maximum absolute atomic E-state index is 11.8. The van der Waals surface area contributed by atoms with E-state index in [2.05, 4.69) is 26.6 Å². The van der Waals surface area contributed by atoms with Gasteiger partial charge in [0.05, 0.1) is 22.5 Å². The third-order valence-electron chi connectivity index (χ3n) is 4.70. The van der Waals surface area contributed by atoms with Crippen molar-refractivity contribution in [3.8, 4) is 5.69 Å². The van der Waals surface area contributed by atoms with E-state index >= 15 is 0 Å². The molecule has 1 saturated heterocycles. The summed E-state index contributed by atoms with van der Waals surface area (Å²) in [5.74, 6) is -0.0170.